The maximum Gasteiger partial charge on any atom is 0.422 e. The first-order valence-electron chi connectivity index (χ1n) is 11.6. The van der Waals surface area contributed by atoms with Gasteiger partial charge in [-0.3, -0.25) is 4.99 Å². The number of rotatable bonds is 7. The van der Waals surface area contributed by atoms with Gasteiger partial charge in [0.25, 0.3) is 0 Å². The summed E-state index contributed by atoms with van der Waals surface area (Å²) in [5.41, 5.74) is 3.43. The van der Waals surface area contributed by atoms with Gasteiger partial charge in [-0.15, -0.1) is 0 Å². The van der Waals surface area contributed by atoms with E-state index in [1.807, 2.05) is 44.7 Å². The van der Waals surface area contributed by atoms with Crippen molar-refractivity contribution in [3.63, 3.8) is 0 Å². The monoisotopic (exact) mass is 495 g/mol. The molecule has 1 aromatic carbocycles. The quantitative estimate of drug-likeness (QED) is 0.243. The minimum absolute atomic E-state index is 0.194. The summed E-state index contributed by atoms with van der Waals surface area (Å²) in [5, 5.41) is 0. The van der Waals surface area contributed by atoms with Gasteiger partial charge in [0.2, 0.25) is 0 Å². The Labute approximate surface area is 204 Å². The number of ether oxygens (including phenoxy) is 1. The molecule has 1 aromatic rings. The summed E-state index contributed by atoms with van der Waals surface area (Å²) in [6.45, 7) is 8.70. The molecule has 1 saturated heterocycles. The standard InChI is InChI=1S/C26H33F4N3O2/c1-6-8-13-31-19(4)24(21(7-2)22-11-9-10-12-23(22)27)20(5)32-14-15-33(18(3)16-32)25(34)35-17-26(28,29)30/h7-13,18H,6,14-17H2,1-5H3/b13-8+,21-7-,24-20-,31-19+. The maximum absolute atomic E-state index is 14.8. The van der Waals surface area contributed by atoms with Gasteiger partial charge in [-0.25, -0.2) is 9.18 Å². The van der Waals surface area contributed by atoms with Crippen molar-refractivity contribution in [3.05, 3.63) is 65.3 Å². The zero-order valence-corrected chi connectivity index (χ0v) is 20.8. The average Bonchev–Trinajstić information content (AvgIpc) is 2.80. The molecule has 1 unspecified atom stereocenters. The van der Waals surface area contributed by atoms with Gasteiger partial charge in [0.05, 0.1) is 0 Å². The Hall–Kier alpha value is -3.10. The van der Waals surface area contributed by atoms with Gasteiger partial charge in [-0.05, 0) is 45.8 Å². The minimum atomic E-state index is -4.58. The molecule has 2 rings (SSSR count). The fraction of sp³-hybridized carbons (Fsp3) is 0.462. The Kier molecular flexibility index (Phi) is 10.1. The predicted molar refractivity (Wildman–Crippen MR) is 130 cm³/mol. The summed E-state index contributed by atoms with van der Waals surface area (Å²) in [6, 6.07) is 6.13. The predicted octanol–water partition coefficient (Wildman–Crippen LogP) is 6.59. The Bertz CT molecular complexity index is 1010. The normalized spacial score (nSPS) is 18.7. The molecule has 35 heavy (non-hydrogen) atoms. The van der Waals surface area contributed by atoms with Crippen molar-refractivity contribution in [2.75, 3.05) is 26.2 Å². The zero-order valence-electron chi connectivity index (χ0n) is 20.8. The van der Waals surface area contributed by atoms with Crippen molar-refractivity contribution in [1.82, 2.24) is 9.80 Å². The van der Waals surface area contributed by atoms with Crippen molar-refractivity contribution >= 4 is 17.4 Å². The number of alkyl halides is 3. The maximum atomic E-state index is 14.8. The molecule has 0 radical (unpaired) electrons. The van der Waals surface area contributed by atoms with Crippen LogP contribution < -0.4 is 0 Å². The van der Waals surface area contributed by atoms with E-state index in [9.17, 15) is 22.4 Å². The number of aliphatic imine (C=N–C) groups is 1. The van der Waals surface area contributed by atoms with Crippen LogP contribution in [0.2, 0.25) is 0 Å². The van der Waals surface area contributed by atoms with E-state index in [0.29, 0.717) is 29.9 Å². The molecule has 1 heterocycles. The number of amides is 1. The first-order chi connectivity index (χ1) is 16.5. The Morgan fingerprint density at radius 3 is 2.49 bits per heavy atom. The van der Waals surface area contributed by atoms with Gasteiger partial charge in [0.15, 0.2) is 6.61 Å². The largest absolute Gasteiger partial charge is 0.440 e. The van der Waals surface area contributed by atoms with Gasteiger partial charge in [-0.1, -0.05) is 37.3 Å². The smallest absolute Gasteiger partial charge is 0.422 e. The zero-order chi connectivity index (χ0) is 26.2. The first kappa shape index (κ1) is 28.1. The summed E-state index contributed by atoms with van der Waals surface area (Å²) in [5.74, 6) is -0.353. The molecule has 1 amide bonds. The van der Waals surface area contributed by atoms with Crippen LogP contribution in [0.25, 0.3) is 5.57 Å². The molecule has 0 N–H and O–H groups in total. The fourth-order valence-corrected chi connectivity index (χ4v) is 4.02. The number of hydrogen-bond donors (Lipinski definition) is 0. The number of carbonyl (C=O) groups is 1. The second-order valence-corrected chi connectivity index (χ2v) is 8.31. The number of carbonyl (C=O) groups excluding carboxylic acids is 1. The van der Waals surface area contributed by atoms with Crippen LogP contribution in [0.3, 0.4) is 0 Å². The topological polar surface area (TPSA) is 45.1 Å². The molecule has 1 atom stereocenters. The van der Waals surface area contributed by atoms with Crippen molar-refractivity contribution in [2.24, 2.45) is 4.99 Å². The average molecular weight is 496 g/mol. The van der Waals surface area contributed by atoms with E-state index >= 15 is 0 Å². The van der Waals surface area contributed by atoms with Crippen molar-refractivity contribution in [3.8, 4) is 0 Å². The molecule has 1 fully saturated rings. The summed E-state index contributed by atoms with van der Waals surface area (Å²) in [6.07, 6.45) is 0.736. The van der Waals surface area contributed by atoms with Crippen LogP contribution in [0.5, 0.6) is 0 Å². The van der Waals surface area contributed by atoms with Crippen LogP contribution in [0, 0.1) is 5.82 Å². The SMILES string of the molecule is C\C=C(C(/C(C)=N/C=C/CC)=C(/C)N1CCN(C(=O)OCC(F)(F)F)C(C)C1)\c1ccccc1F. The van der Waals surface area contributed by atoms with Crippen LogP contribution in [0.1, 0.15) is 46.6 Å². The molecule has 0 aromatic heterocycles. The lowest BCUT2D eigenvalue weighted by atomic mass is 9.92. The highest BCUT2D eigenvalue weighted by atomic mass is 19.4. The van der Waals surface area contributed by atoms with Crippen molar-refractivity contribution in [1.29, 1.82) is 0 Å². The van der Waals surface area contributed by atoms with E-state index < -0.39 is 18.9 Å². The molecular weight excluding hydrogens is 462 g/mol. The van der Waals surface area contributed by atoms with Gasteiger partial charge < -0.3 is 14.5 Å². The molecule has 5 nitrogen and oxygen atoms in total. The number of allylic oxidation sites excluding steroid dienone is 5. The van der Waals surface area contributed by atoms with Gasteiger partial charge in [-0.2, -0.15) is 13.2 Å². The third-order valence-electron chi connectivity index (χ3n) is 5.75. The summed E-state index contributed by atoms with van der Waals surface area (Å²) in [4.78, 5) is 20.1. The first-order valence-corrected chi connectivity index (χ1v) is 11.6. The molecule has 0 spiro atoms. The Morgan fingerprint density at radius 2 is 1.91 bits per heavy atom. The second kappa shape index (κ2) is 12.6. The number of nitrogens with zero attached hydrogens (tertiary/aromatic N) is 3. The highest BCUT2D eigenvalue weighted by molar-refractivity contribution is 6.12. The minimum Gasteiger partial charge on any atom is -0.440 e. The molecule has 1 aliphatic heterocycles. The number of hydrogen-bond acceptors (Lipinski definition) is 4. The molecule has 9 heteroatoms. The lowest BCUT2D eigenvalue weighted by molar-refractivity contribution is -0.163. The Morgan fingerprint density at radius 1 is 1.23 bits per heavy atom. The molecule has 0 saturated carbocycles. The van der Waals surface area contributed by atoms with Crippen LogP contribution in [0.15, 0.2) is 58.9 Å². The summed E-state index contributed by atoms with van der Waals surface area (Å²) >= 11 is 0. The van der Waals surface area contributed by atoms with E-state index in [1.165, 1.54) is 11.0 Å². The molecule has 1 aliphatic rings. The number of benzene rings is 1. The molecule has 192 valence electrons. The van der Waals surface area contributed by atoms with Crippen molar-refractivity contribution < 1.29 is 27.1 Å². The third kappa shape index (κ3) is 7.70. The summed E-state index contributed by atoms with van der Waals surface area (Å²) < 4.78 is 56.5. The summed E-state index contributed by atoms with van der Waals surface area (Å²) in [7, 11) is 0. The van der Waals surface area contributed by atoms with Crippen LogP contribution >= 0.6 is 0 Å². The van der Waals surface area contributed by atoms with E-state index in [4.69, 9.17) is 0 Å². The number of piperazine rings is 1. The van der Waals surface area contributed by atoms with Crippen molar-refractivity contribution in [2.45, 2.75) is 53.3 Å². The molecule has 0 aliphatic carbocycles. The third-order valence-corrected chi connectivity index (χ3v) is 5.75. The lowest BCUT2D eigenvalue weighted by Crippen LogP contribution is -2.54. The Balaban J connectivity index is 2.40. The molecule has 0 bridgehead atoms. The lowest BCUT2D eigenvalue weighted by Gasteiger charge is -2.41. The van der Waals surface area contributed by atoms with Crippen LogP contribution in [-0.4, -0.2) is 60.1 Å². The number of halogens is 4. The second-order valence-electron chi connectivity index (χ2n) is 8.31. The highest BCUT2D eigenvalue weighted by Gasteiger charge is 2.34. The van der Waals surface area contributed by atoms with Gasteiger partial charge >= 0.3 is 12.3 Å². The molecular formula is C26H33F4N3O2. The van der Waals surface area contributed by atoms with Gasteiger partial charge in [0, 0.05) is 54.4 Å². The van der Waals surface area contributed by atoms with E-state index in [0.717, 1.165) is 17.7 Å². The van der Waals surface area contributed by atoms with E-state index in [-0.39, 0.29) is 18.4 Å². The van der Waals surface area contributed by atoms with E-state index in [2.05, 4.69) is 9.73 Å². The van der Waals surface area contributed by atoms with Gasteiger partial charge in [0.1, 0.15) is 5.82 Å². The fourth-order valence-electron chi connectivity index (χ4n) is 4.02. The van der Waals surface area contributed by atoms with Crippen LogP contribution in [0.4, 0.5) is 22.4 Å². The van der Waals surface area contributed by atoms with E-state index in [1.54, 1.807) is 31.3 Å². The van der Waals surface area contributed by atoms with Crippen LogP contribution in [-0.2, 0) is 4.74 Å². The highest BCUT2D eigenvalue weighted by Crippen LogP contribution is 2.31.